The van der Waals surface area contributed by atoms with E-state index in [4.69, 9.17) is 17.3 Å². The first-order valence-electron chi connectivity index (χ1n) is 7.80. The van der Waals surface area contributed by atoms with Crippen molar-refractivity contribution in [3.8, 4) is 11.3 Å². The van der Waals surface area contributed by atoms with Crippen molar-refractivity contribution in [2.45, 2.75) is 33.1 Å². The van der Waals surface area contributed by atoms with Crippen LogP contribution in [-0.4, -0.2) is 23.3 Å². The average molecular weight is 319 g/mol. The molecule has 0 fully saturated rings. The lowest BCUT2D eigenvalue weighted by atomic mass is 10.1. The molecule has 2 N–H and O–H groups in total. The molecule has 1 heterocycles. The van der Waals surface area contributed by atoms with Gasteiger partial charge in [0.15, 0.2) is 5.82 Å². The molecule has 0 aliphatic rings. The molecule has 2 aromatic rings. The summed E-state index contributed by atoms with van der Waals surface area (Å²) in [6, 6.07) is 9.52. The Morgan fingerprint density at radius 1 is 1.05 bits per heavy atom. The van der Waals surface area contributed by atoms with E-state index >= 15 is 0 Å². The summed E-state index contributed by atoms with van der Waals surface area (Å²) in [6.45, 7) is 6.37. The molecule has 0 amide bonds. The second-order valence-corrected chi connectivity index (χ2v) is 5.70. The van der Waals surface area contributed by atoms with E-state index in [0.717, 1.165) is 43.0 Å². The largest absolute Gasteiger partial charge is 0.398 e. The second-order valence-electron chi connectivity index (χ2n) is 5.33. The Balaban J connectivity index is 2.23. The van der Waals surface area contributed by atoms with Crippen LogP contribution in [0.25, 0.3) is 11.3 Å². The summed E-state index contributed by atoms with van der Waals surface area (Å²) in [4.78, 5) is 2.28. The van der Waals surface area contributed by atoms with Crippen LogP contribution in [0.4, 0.5) is 11.5 Å². The Morgan fingerprint density at radius 2 is 1.86 bits per heavy atom. The van der Waals surface area contributed by atoms with E-state index in [9.17, 15) is 0 Å². The monoisotopic (exact) mass is 318 g/mol. The van der Waals surface area contributed by atoms with Crippen molar-refractivity contribution in [2.24, 2.45) is 0 Å². The molecule has 2 rings (SSSR count). The zero-order valence-corrected chi connectivity index (χ0v) is 14.0. The van der Waals surface area contributed by atoms with E-state index in [1.54, 1.807) is 6.07 Å². The molecule has 118 valence electrons. The van der Waals surface area contributed by atoms with E-state index in [1.165, 1.54) is 6.42 Å². The fraction of sp³-hybridized carbons (Fsp3) is 0.412. The Morgan fingerprint density at radius 3 is 2.50 bits per heavy atom. The minimum Gasteiger partial charge on any atom is -0.398 e. The van der Waals surface area contributed by atoms with Gasteiger partial charge in [0.2, 0.25) is 0 Å². The summed E-state index contributed by atoms with van der Waals surface area (Å²) >= 11 is 6.25. The van der Waals surface area contributed by atoms with Gasteiger partial charge in [-0.3, -0.25) is 0 Å². The molecule has 0 spiro atoms. The second kappa shape index (κ2) is 7.99. The number of nitrogen functional groups attached to an aromatic ring is 1. The summed E-state index contributed by atoms with van der Waals surface area (Å²) in [5, 5.41) is 9.23. The topological polar surface area (TPSA) is 55.0 Å². The highest BCUT2D eigenvalue weighted by Crippen LogP contribution is 2.31. The smallest absolute Gasteiger partial charge is 0.151 e. The Kier molecular flexibility index (Phi) is 6.01. The number of aromatic nitrogens is 2. The number of nitrogens with two attached hydrogens (primary N) is 1. The van der Waals surface area contributed by atoms with Gasteiger partial charge >= 0.3 is 0 Å². The van der Waals surface area contributed by atoms with Gasteiger partial charge in [0.25, 0.3) is 0 Å². The molecule has 0 saturated carbocycles. The molecule has 0 saturated heterocycles. The fourth-order valence-electron chi connectivity index (χ4n) is 2.34. The number of rotatable bonds is 7. The lowest BCUT2D eigenvalue weighted by Gasteiger charge is -2.22. The van der Waals surface area contributed by atoms with Gasteiger partial charge in [0.05, 0.1) is 16.4 Å². The Labute approximate surface area is 137 Å². The first-order valence-corrected chi connectivity index (χ1v) is 8.18. The summed E-state index contributed by atoms with van der Waals surface area (Å²) in [5.41, 5.74) is 7.96. The lowest BCUT2D eigenvalue weighted by Crippen LogP contribution is -2.26. The highest BCUT2D eigenvalue weighted by molar-refractivity contribution is 6.35. The van der Waals surface area contributed by atoms with Crippen LogP contribution in [0.5, 0.6) is 0 Å². The van der Waals surface area contributed by atoms with E-state index in [-0.39, 0.29) is 0 Å². The minimum absolute atomic E-state index is 0.529. The third kappa shape index (κ3) is 3.89. The van der Waals surface area contributed by atoms with Crippen molar-refractivity contribution >= 4 is 23.1 Å². The third-order valence-electron chi connectivity index (χ3n) is 3.55. The fourth-order valence-corrected chi connectivity index (χ4v) is 2.57. The van der Waals surface area contributed by atoms with Crippen LogP contribution >= 0.6 is 11.6 Å². The molecular formula is C17H23ClN4. The van der Waals surface area contributed by atoms with Crippen LogP contribution in [0.3, 0.4) is 0 Å². The number of halogens is 1. The van der Waals surface area contributed by atoms with Crippen molar-refractivity contribution in [3.05, 3.63) is 35.4 Å². The minimum atomic E-state index is 0.529. The van der Waals surface area contributed by atoms with E-state index in [2.05, 4.69) is 28.9 Å². The maximum absolute atomic E-state index is 6.25. The molecule has 0 atom stereocenters. The number of nitrogens with zero attached hydrogens (tertiary/aromatic N) is 3. The first-order chi connectivity index (χ1) is 10.7. The van der Waals surface area contributed by atoms with Crippen molar-refractivity contribution in [2.75, 3.05) is 23.7 Å². The average Bonchev–Trinajstić information content (AvgIpc) is 2.54. The molecule has 4 nitrogen and oxygen atoms in total. The van der Waals surface area contributed by atoms with Crippen LogP contribution in [0.15, 0.2) is 30.3 Å². The van der Waals surface area contributed by atoms with Crippen molar-refractivity contribution in [1.29, 1.82) is 0 Å². The highest BCUT2D eigenvalue weighted by Gasteiger charge is 2.11. The van der Waals surface area contributed by atoms with Crippen molar-refractivity contribution in [1.82, 2.24) is 10.2 Å². The lowest BCUT2D eigenvalue weighted by molar-refractivity contribution is 0.691. The zero-order valence-electron chi connectivity index (χ0n) is 13.2. The number of benzene rings is 1. The molecule has 1 aromatic heterocycles. The maximum atomic E-state index is 6.25. The van der Waals surface area contributed by atoms with Gasteiger partial charge in [-0.1, -0.05) is 44.0 Å². The molecule has 0 radical (unpaired) electrons. The van der Waals surface area contributed by atoms with Gasteiger partial charge in [-0.2, -0.15) is 0 Å². The molecule has 0 aliphatic carbocycles. The summed E-state index contributed by atoms with van der Waals surface area (Å²) in [5.74, 6) is 0.916. The highest BCUT2D eigenvalue weighted by atomic mass is 35.5. The Bertz CT molecular complexity index is 598. The summed E-state index contributed by atoms with van der Waals surface area (Å²) in [6.07, 6.45) is 3.42. The van der Waals surface area contributed by atoms with Crippen LogP contribution in [0.1, 0.15) is 33.1 Å². The molecule has 1 aromatic carbocycles. The van der Waals surface area contributed by atoms with Crippen LogP contribution in [0, 0.1) is 0 Å². The third-order valence-corrected chi connectivity index (χ3v) is 3.98. The molecule has 5 heteroatoms. The van der Waals surface area contributed by atoms with Gasteiger partial charge in [0, 0.05) is 18.7 Å². The normalized spacial score (nSPS) is 10.7. The summed E-state index contributed by atoms with van der Waals surface area (Å²) in [7, 11) is 0. The van der Waals surface area contributed by atoms with Crippen LogP contribution in [0.2, 0.25) is 5.02 Å². The quantitative estimate of drug-likeness (QED) is 0.769. The van der Waals surface area contributed by atoms with E-state index in [0.29, 0.717) is 10.7 Å². The van der Waals surface area contributed by atoms with E-state index < -0.39 is 0 Å². The molecule has 0 unspecified atom stereocenters. The van der Waals surface area contributed by atoms with Gasteiger partial charge in [0.1, 0.15) is 0 Å². The van der Waals surface area contributed by atoms with Gasteiger partial charge in [-0.15, -0.1) is 10.2 Å². The number of unbranched alkanes of at least 4 members (excludes halogenated alkanes) is 1. The maximum Gasteiger partial charge on any atom is 0.151 e. The Hall–Kier alpha value is -1.81. The molecule has 0 aliphatic heterocycles. The predicted octanol–water partition coefficient (Wildman–Crippen LogP) is 4.40. The molecular weight excluding hydrogens is 296 g/mol. The van der Waals surface area contributed by atoms with Gasteiger partial charge in [-0.25, -0.2) is 0 Å². The molecule has 0 bridgehead atoms. The zero-order chi connectivity index (χ0) is 15.9. The van der Waals surface area contributed by atoms with Crippen LogP contribution in [-0.2, 0) is 0 Å². The summed E-state index contributed by atoms with van der Waals surface area (Å²) < 4.78 is 0. The van der Waals surface area contributed by atoms with Crippen molar-refractivity contribution in [3.63, 3.8) is 0 Å². The van der Waals surface area contributed by atoms with Gasteiger partial charge in [-0.05, 0) is 31.0 Å². The van der Waals surface area contributed by atoms with Crippen molar-refractivity contribution < 1.29 is 0 Å². The SMILES string of the molecule is CCCCN(CCC)c1ccc(-c2cccc(N)c2Cl)nn1. The van der Waals surface area contributed by atoms with Crippen LogP contribution < -0.4 is 10.6 Å². The number of hydrogen-bond acceptors (Lipinski definition) is 4. The standard InChI is InChI=1S/C17H23ClN4/c1-3-5-12-22(11-4-2)16-10-9-15(20-21-16)13-7-6-8-14(19)17(13)18/h6-10H,3-5,11-12,19H2,1-2H3. The first kappa shape index (κ1) is 16.6. The number of anilines is 2. The number of hydrogen-bond donors (Lipinski definition) is 1. The van der Waals surface area contributed by atoms with Gasteiger partial charge < -0.3 is 10.6 Å². The molecule has 22 heavy (non-hydrogen) atoms. The predicted molar refractivity (Wildman–Crippen MR) is 94.3 cm³/mol. The van der Waals surface area contributed by atoms with E-state index in [1.807, 2.05) is 24.3 Å².